The molecule has 4 aromatic rings. The molecule has 0 saturated carbocycles. The molecular formula is C17H13N5O3S3. The Morgan fingerprint density at radius 2 is 1.96 bits per heavy atom. The molecule has 2 N–H and O–H groups in total. The second-order valence-corrected chi connectivity index (χ2v) is 9.66. The normalized spacial score (nSPS) is 11.5. The van der Waals surface area contributed by atoms with Crippen LogP contribution in [-0.2, 0) is 9.84 Å². The molecule has 142 valence electrons. The third kappa shape index (κ3) is 4.01. The number of hydrogen-bond donors (Lipinski definition) is 2. The minimum absolute atomic E-state index is 0.214. The number of nitrogens with zero attached hydrogens (tertiary/aromatic N) is 3. The van der Waals surface area contributed by atoms with Crippen molar-refractivity contribution in [2.24, 2.45) is 0 Å². The molecule has 0 atom stereocenters. The van der Waals surface area contributed by atoms with E-state index in [0.717, 1.165) is 6.26 Å². The maximum absolute atomic E-state index is 12.4. The van der Waals surface area contributed by atoms with Gasteiger partial charge >= 0.3 is 0 Å². The Balaban J connectivity index is 1.50. The maximum atomic E-state index is 12.4. The zero-order valence-electron chi connectivity index (χ0n) is 14.4. The van der Waals surface area contributed by atoms with Crippen molar-refractivity contribution in [2.45, 2.75) is 4.90 Å². The van der Waals surface area contributed by atoms with Gasteiger partial charge in [-0.2, -0.15) is 0 Å². The van der Waals surface area contributed by atoms with E-state index < -0.39 is 15.7 Å². The highest BCUT2D eigenvalue weighted by molar-refractivity contribution is 7.90. The van der Waals surface area contributed by atoms with Gasteiger partial charge in [-0.1, -0.05) is 17.4 Å². The van der Waals surface area contributed by atoms with E-state index in [-0.39, 0.29) is 10.6 Å². The fourth-order valence-electron chi connectivity index (χ4n) is 2.33. The fourth-order valence-corrected chi connectivity index (χ4v) is 4.65. The predicted molar refractivity (Wildman–Crippen MR) is 110 cm³/mol. The SMILES string of the molecule is CS(=O)(=O)c1ccc2nc(NC(=O)c3csc(Nc4ccccn4)n3)sc2c1. The summed E-state index contributed by atoms with van der Waals surface area (Å²) in [7, 11) is -3.30. The van der Waals surface area contributed by atoms with Crippen LogP contribution in [0.25, 0.3) is 10.2 Å². The van der Waals surface area contributed by atoms with Crippen LogP contribution in [0.1, 0.15) is 10.5 Å². The molecule has 0 fully saturated rings. The van der Waals surface area contributed by atoms with Crippen molar-refractivity contribution in [3.05, 3.63) is 53.7 Å². The molecule has 4 rings (SSSR count). The molecule has 0 aliphatic heterocycles. The van der Waals surface area contributed by atoms with E-state index in [1.165, 1.54) is 28.7 Å². The standard InChI is InChI=1S/C17H13N5O3S3/c1-28(24,25)10-5-6-11-13(8-10)27-17(19-11)22-15(23)12-9-26-16(20-12)21-14-4-2-3-7-18-14/h2-9H,1H3,(H,18,20,21)(H,19,22,23). The van der Waals surface area contributed by atoms with Crippen LogP contribution < -0.4 is 10.6 Å². The molecule has 0 aliphatic rings. The van der Waals surface area contributed by atoms with Crippen LogP contribution in [0, 0.1) is 0 Å². The van der Waals surface area contributed by atoms with Gasteiger partial charge in [0.15, 0.2) is 20.1 Å². The van der Waals surface area contributed by atoms with Crippen LogP contribution in [0.4, 0.5) is 16.1 Å². The molecule has 8 nitrogen and oxygen atoms in total. The predicted octanol–water partition coefficient (Wildman–Crippen LogP) is 3.55. The average Bonchev–Trinajstić information content (AvgIpc) is 3.27. The summed E-state index contributed by atoms with van der Waals surface area (Å²) in [6, 6.07) is 10.1. The lowest BCUT2D eigenvalue weighted by molar-refractivity contribution is 0.102. The molecule has 3 heterocycles. The molecule has 0 unspecified atom stereocenters. The van der Waals surface area contributed by atoms with Crippen LogP contribution in [0.3, 0.4) is 0 Å². The number of carbonyl (C=O) groups excluding carboxylic acids is 1. The third-order valence-corrected chi connectivity index (χ3v) is 6.45. The summed E-state index contributed by atoms with van der Waals surface area (Å²) < 4.78 is 24.0. The number of hydrogen-bond acceptors (Lipinski definition) is 9. The van der Waals surface area contributed by atoms with Crippen molar-refractivity contribution < 1.29 is 13.2 Å². The quantitative estimate of drug-likeness (QED) is 0.497. The van der Waals surface area contributed by atoms with Crippen molar-refractivity contribution in [1.29, 1.82) is 0 Å². The van der Waals surface area contributed by atoms with Gasteiger partial charge in [0.1, 0.15) is 11.5 Å². The van der Waals surface area contributed by atoms with Gasteiger partial charge in [0.2, 0.25) is 0 Å². The topological polar surface area (TPSA) is 114 Å². The van der Waals surface area contributed by atoms with E-state index in [1.807, 2.05) is 12.1 Å². The first kappa shape index (κ1) is 18.5. The van der Waals surface area contributed by atoms with Gasteiger partial charge in [0.05, 0.1) is 15.1 Å². The van der Waals surface area contributed by atoms with Gasteiger partial charge in [-0.3, -0.25) is 10.1 Å². The van der Waals surface area contributed by atoms with Crippen LogP contribution in [-0.4, -0.2) is 35.5 Å². The summed E-state index contributed by atoms with van der Waals surface area (Å²) in [4.78, 5) is 25.4. The molecule has 0 spiro atoms. The van der Waals surface area contributed by atoms with Crippen LogP contribution in [0.5, 0.6) is 0 Å². The minimum Gasteiger partial charge on any atom is -0.316 e. The zero-order chi connectivity index (χ0) is 19.7. The Bertz CT molecular complexity index is 1270. The van der Waals surface area contributed by atoms with E-state index in [9.17, 15) is 13.2 Å². The maximum Gasteiger partial charge on any atom is 0.276 e. The number of rotatable bonds is 5. The summed E-state index contributed by atoms with van der Waals surface area (Å²) >= 11 is 2.49. The van der Waals surface area contributed by atoms with Crippen molar-refractivity contribution in [2.75, 3.05) is 16.9 Å². The van der Waals surface area contributed by atoms with Gasteiger partial charge in [-0.25, -0.2) is 23.4 Å². The highest BCUT2D eigenvalue weighted by Crippen LogP contribution is 2.29. The monoisotopic (exact) mass is 431 g/mol. The molecule has 11 heteroatoms. The number of thiazole rings is 2. The lowest BCUT2D eigenvalue weighted by atomic mass is 10.3. The first-order valence-corrected chi connectivity index (χ1v) is 11.5. The molecule has 0 bridgehead atoms. The highest BCUT2D eigenvalue weighted by Gasteiger charge is 2.15. The van der Waals surface area contributed by atoms with Crippen LogP contribution >= 0.6 is 22.7 Å². The highest BCUT2D eigenvalue weighted by atomic mass is 32.2. The Kier molecular flexibility index (Phi) is 4.79. The minimum atomic E-state index is -3.30. The Labute approximate surface area is 168 Å². The number of anilines is 3. The zero-order valence-corrected chi connectivity index (χ0v) is 16.9. The molecular weight excluding hydrogens is 418 g/mol. The Morgan fingerprint density at radius 3 is 2.71 bits per heavy atom. The van der Waals surface area contributed by atoms with Crippen molar-refractivity contribution in [3.8, 4) is 0 Å². The summed E-state index contributed by atoms with van der Waals surface area (Å²) in [5, 5.41) is 8.29. The number of amides is 1. The summed E-state index contributed by atoms with van der Waals surface area (Å²) in [6.45, 7) is 0. The molecule has 0 aliphatic carbocycles. The number of nitrogens with one attached hydrogen (secondary N) is 2. The number of fused-ring (bicyclic) bond motifs is 1. The lowest BCUT2D eigenvalue weighted by Crippen LogP contribution is -2.12. The van der Waals surface area contributed by atoms with Gasteiger partial charge in [-0.15, -0.1) is 11.3 Å². The number of carbonyl (C=O) groups is 1. The lowest BCUT2D eigenvalue weighted by Gasteiger charge is -2.00. The first-order chi connectivity index (χ1) is 13.4. The van der Waals surface area contributed by atoms with E-state index in [1.54, 1.807) is 29.8 Å². The number of benzene rings is 1. The average molecular weight is 432 g/mol. The fraction of sp³-hybridized carbons (Fsp3) is 0.0588. The number of pyridine rings is 1. The Hall–Kier alpha value is -2.89. The van der Waals surface area contributed by atoms with E-state index in [4.69, 9.17) is 0 Å². The Morgan fingerprint density at radius 1 is 1.11 bits per heavy atom. The van der Waals surface area contributed by atoms with Crippen molar-refractivity contribution >= 4 is 64.7 Å². The van der Waals surface area contributed by atoms with Gasteiger partial charge < -0.3 is 5.32 Å². The smallest absolute Gasteiger partial charge is 0.276 e. The summed E-state index contributed by atoms with van der Waals surface area (Å²) in [6.07, 6.45) is 2.81. The molecule has 1 aromatic carbocycles. The molecule has 0 radical (unpaired) electrons. The van der Waals surface area contributed by atoms with E-state index >= 15 is 0 Å². The molecule has 28 heavy (non-hydrogen) atoms. The van der Waals surface area contributed by atoms with E-state index in [0.29, 0.717) is 26.3 Å². The van der Waals surface area contributed by atoms with Gasteiger partial charge in [0, 0.05) is 17.8 Å². The molecule has 3 aromatic heterocycles. The largest absolute Gasteiger partial charge is 0.316 e. The van der Waals surface area contributed by atoms with Crippen LogP contribution in [0.15, 0.2) is 52.9 Å². The second-order valence-electron chi connectivity index (χ2n) is 5.75. The van der Waals surface area contributed by atoms with Crippen LogP contribution in [0.2, 0.25) is 0 Å². The van der Waals surface area contributed by atoms with Gasteiger partial charge in [-0.05, 0) is 30.3 Å². The van der Waals surface area contributed by atoms with Gasteiger partial charge in [0.25, 0.3) is 5.91 Å². The second kappa shape index (κ2) is 7.26. The molecule has 0 saturated heterocycles. The molecule has 1 amide bonds. The van der Waals surface area contributed by atoms with Crippen molar-refractivity contribution in [1.82, 2.24) is 15.0 Å². The van der Waals surface area contributed by atoms with Crippen molar-refractivity contribution in [3.63, 3.8) is 0 Å². The third-order valence-electron chi connectivity index (χ3n) is 3.65. The summed E-state index contributed by atoms with van der Waals surface area (Å²) in [5.41, 5.74) is 0.864. The first-order valence-electron chi connectivity index (χ1n) is 7.94. The summed E-state index contributed by atoms with van der Waals surface area (Å²) in [5.74, 6) is 0.240. The number of sulfone groups is 1. The number of aromatic nitrogens is 3. The van der Waals surface area contributed by atoms with E-state index in [2.05, 4.69) is 25.6 Å².